The van der Waals surface area contributed by atoms with Crippen LogP contribution in [0, 0.1) is 32.1 Å². The van der Waals surface area contributed by atoms with Gasteiger partial charge in [-0.2, -0.15) is 5.26 Å². The van der Waals surface area contributed by atoms with Crippen LogP contribution in [0.4, 0.5) is 5.69 Å². The molecule has 1 aliphatic heterocycles. The Kier molecular flexibility index (Phi) is 5.62. The van der Waals surface area contributed by atoms with Gasteiger partial charge in [0.1, 0.15) is 12.0 Å². The number of nitrogens with zero attached hydrogens (tertiary/aromatic N) is 4. The zero-order valence-corrected chi connectivity index (χ0v) is 19.0. The summed E-state index contributed by atoms with van der Waals surface area (Å²) in [4.78, 5) is 18.2. The Morgan fingerprint density at radius 3 is 2.31 bits per heavy atom. The Hall–Kier alpha value is -3.79. The van der Waals surface area contributed by atoms with Crippen molar-refractivity contribution in [2.45, 2.75) is 40.3 Å². The molecule has 4 rings (SSSR count). The summed E-state index contributed by atoms with van der Waals surface area (Å²) in [6, 6.07) is 12.0. The molecule has 2 heterocycles. The maximum Gasteiger partial charge on any atom is 0.331 e. The van der Waals surface area contributed by atoms with Gasteiger partial charge >= 0.3 is 5.69 Å². The SMILES string of the molecule is COc1cc2c(cc1OC)-c1cc(=Nc3c(C)cc(C)cc3C)n(CC#N)c(=O)n1CC2. The van der Waals surface area contributed by atoms with Crippen LogP contribution in [0.5, 0.6) is 11.5 Å². The number of methoxy groups -OCH3 is 2. The molecule has 0 unspecified atom stereocenters. The lowest BCUT2D eigenvalue weighted by atomic mass is 9.97. The Morgan fingerprint density at radius 2 is 1.69 bits per heavy atom. The van der Waals surface area contributed by atoms with Crippen molar-refractivity contribution in [1.29, 1.82) is 5.26 Å². The fourth-order valence-electron chi connectivity index (χ4n) is 4.44. The Balaban J connectivity index is 2.04. The number of benzene rings is 2. The van der Waals surface area contributed by atoms with Crippen molar-refractivity contribution in [1.82, 2.24) is 9.13 Å². The fraction of sp³-hybridized carbons (Fsp3) is 0.320. The topological polar surface area (TPSA) is 81.5 Å². The molecule has 1 aliphatic rings. The highest BCUT2D eigenvalue weighted by Crippen LogP contribution is 2.37. The van der Waals surface area contributed by atoms with Gasteiger partial charge in [-0.25, -0.2) is 9.79 Å². The van der Waals surface area contributed by atoms with Gasteiger partial charge in [0, 0.05) is 18.2 Å². The maximum atomic E-state index is 13.4. The van der Waals surface area contributed by atoms with Crippen molar-refractivity contribution in [3.63, 3.8) is 0 Å². The van der Waals surface area contributed by atoms with E-state index >= 15 is 0 Å². The Bertz CT molecular complexity index is 1370. The average molecular weight is 431 g/mol. The van der Waals surface area contributed by atoms with E-state index in [0.29, 0.717) is 30.0 Å². The normalized spacial score (nSPS) is 12.7. The summed E-state index contributed by atoms with van der Waals surface area (Å²) in [5, 5.41) is 9.38. The smallest absolute Gasteiger partial charge is 0.331 e. The van der Waals surface area contributed by atoms with Gasteiger partial charge in [0.2, 0.25) is 0 Å². The van der Waals surface area contributed by atoms with Crippen molar-refractivity contribution < 1.29 is 9.47 Å². The predicted molar refractivity (Wildman–Crippen MR) is 122 cm³/mol. The second-order valence-corrected chi connectivity index (χ2v) is 8.04. The lowest BCUT2D eigenvalue weighted by Gasteiger charge is -2.24. The van der Waals surface area contributed by atoms with Gasteiger partial charge in [0.05, 0.1) is 31.7 Å². The molecular formula is C25H26N4O3. The third-order valence-electron chi connectivity index (χ3n) is 5.88. The van der Waals surface area contributed by atoms with E-state index in [0.717, 1.165) is 39.2 Å². The quantitative estimate of drug-likeness (QED) is 0.634. The third kappa shape index (κ3) is 3.58. The van der Waals surface area contributed by atoms with Crippen molar-refractivity contribution in [2.24, 2.45) is 4.99 Å². The van der Waals surface area contributed by atoms with Crippen LogP contribution in [0.25, 0.3) is 11.3 Å². The summed E-state index contributed by atoms with van der Waals surface area (Å²) in [5.41, 5.74) is 6.97. The minimum atomic E-state index is -0.245. The zero-order valence-electron chi connectivity index (χ0n) is 19.0. The van der Waals surface area contributed by atoms with Crippen LogP contribution in [0.2, 0.25) is 0 Å². The van der Waals surface area contributed by atoms with E-state index in [9.17, 15) is 10.1 Å². The van der Waals surface area contributed by atoms with E-state index in [1.54, 1.807) is 18.8 Å². The summed E-state index contributed by atoms with van der Waals surface area (Å²) >= 11 is 0. The Labute approximate surface area is 186 Å². The molecule has 2 aromatic carbocycles. The number of hydrogen-bond donors (Lipinski definition) is 0. The van der Waals surface area contributed by atoms with Gasteiger partial charge < -0.3 is 9.47 Å². The van der Waals surface area contributed by atoms with E-state index < -0.39 is 0 Å². The molecule has 32 heavy (non-hydrogen) atoms. The highest BCUT2D eigenvalue weighted by molar-refractivity contribution is 5.70. The van der Waals surface area contributed by atoms with Crippen molar-refractivity contribution >= 4 is 5.69 Å². The van der Waals surface area contributed by atoms with E-state index in [2.05, 4.69) is 18.2 Å². The number of hydrogen-bond acceptors (Lipinski definition) is 5. The van der Waals surface area contributed by atoms with Gasteiger partial charge in [-0.1, -0.05) is 17.7 Å². The van der Waals surface area contributed by atoms with Crippen LogP contribution in [-0.2, 0) is 19.5 Å². The molecule has 0 aliphatic carbocycles. The number of fused-ring (bicyclic) bond motifs is 3. The summed E-state index contributed by atoms with van der Waals surface area (Å²) in [5.74, 6) is 1.26. The van der Waals surface area contributed by atoms with Gasteiger partial charge in [-0.3, -0.25) is 9.13 Å². The van der Waals surface area contributed by atoms with E-state index in [-0.39, 0.29) is 12.2 Å². The van der Waals surface area contributed by atoms with Crippen LogP contribution in [0.15, 0.2) is 40.1 Å². The van der Waals surface area contributed by atoms with Crippen LogP contribution >= 0.6 is 0 Å². The van der Waals surface area contributed by atoms with Gasteiger partial charge in [0.15, 0.2) is 11.5 Å². The molecule has 3 aromatic rings. The standard InChI is InChI=1S/C25H26N4O3/c1-15-10-16(2)24(17(3)11-15)27-23-14-20-19-13-22(32-5)21(31-4)12-18(19)6-8-28(20)25(30)29(23)9-7-26/h10-14H,6,8-9H2,1-5H3. The number of ether oxygens (including phenoxy) is 2. The maximum absolute atomic E-state index is 13.4. The lowest BCUT2D eigenvalue weighted by Crippen LogP contribution is -2.42. The molecule has 0 atom stereocenters. The number of aryl methyl sites for hydroxylation is 4. The third-order valence-corrected chi connectivity index (χ3v) is 5.88. The number of aromatic nitrogens is 2. The van der Waals surface area contributed by atoms with E-state index in [1.807, 2.05) is 39.0 Å². The van der Waals surface area contributed by atoms with Gasteiger partial charge in [-0.15, -0.1) is 0 Å². The Morgan fingerprint density at radius 1 is 1.03 bits per heavy atom. The second kappa shape index (κ2) is 8.39. The molecule has 0 saturated carbocycles. The van der Waals surface area contributed by atoms with E-state index in [4.69, 9.17) is 14.5 Å². The molecule has 164 valence electrons. The molecule has 7 nitrogen and oxygen atoms in total. The average Bonchev–Trinajstić information content (AvgIpc) is 2.77. The molecule has 1 aromatic heterocycles. The van der Waals surface area contributed by atoms with Crippen LogP contribution in [0.1, 0.15) is 22.3 Å². The summed E-state index contributed by atoms with van der Waals surface area (Å²) in [6.07, 6.45) is 0.682. The van der Waals surface area contributed by atoms with Crippen molar-refractivity contribution in [2.75, 3.05) is 14.2 Å². The zero-order chi connectivity index (χ0) is 23.0. The van der Waals surface area contributed by atoms with Crippen LogP contribution in [0.3, 0.4) is 0 Å². The molecule has 0 bridgehead atoms. The van der Waals surface area contributed by atoms with Crippen molar-refractivity contribution in [3.8, 4) is 28.8 Å². The largest absolute Gasteiger partial charge is 0.493 e. The van der Waals surface area contributed by atoms with Gasteiger partial charge in [-0.05, 0) is 56.0 Å². The summed E-state index contributed by atoms with van der Waals surface area (Å²) in [6.45, 7) is 6.51. The van der Waals surface area contributed by atoms with Crippen LogP contribution in [-0.4, -0.2) is 23.4 Å². The first-order chi connectivity index (χ1) is 15.4. The lowest BCUT2D eigenvalue weighted by molar-refractivity contribution is 0.354. The molecule has 0 radical (unpaired) electrons. The molecule has 0 fully saturated rings. The molecule has 0 saturated heterocycles. The molecule has 0 amide bonds. The molecular weight excluding hydrogens is 404 g/mol. The first-order valence-electron chi connectivity index (χ1n) is 10.5. The number of rotatable bonds is 4. The molecule has 7 heteroatoms. The van der Waals surface area contributed by atoms with Crippen molar-refractivity contribution in [3.05, 3.63) is 68.6 Å². The minimum absolute atomic E-state index is 0.0688. The molecule has 0 spiro atoms. The summed E-state index contributed by atoms with van der Waals surface area (Å²) in [7, 11) is 3.20. The minimum Gasteiger partial charge on any atom is -0.493 e. The fourth-order valence-corrected chi connectivity index (χ4v) is 4.44. The number of nitriles is 1. The van der Waals surface area contributed by atoms with Gasteiger partial charge in [0.25, 0.3) is 0 Å². The van der Waals surface area contributed by atoms with E-state index in [1.165, 1.54) is 4.57 Å². The second-order valence-electron chi connectivity index (χ2n) is 8.04. The highest BCUT2D eigenvalue weighted by atomic mass is 16.5. The van der Waals surface area contributed by atoms with Crippen LogP contribution < -0.4 is 20.7 Å². The first-order valence-corrected chi connectivity index (χ1v) is 10.5. The molecule has 0 N–H and O–H groups in total. The highest BCUT2D eigenvalue weighted by Gasteiger charge is 2.22. The summed E-state index contributed by atoms with van der Waals surface area (Å²) < 4.78 is 14.1. The first kappa shape index (κ1) is 21.4. The predicted octanol–water partition coefficient (Wildman–Crippen LogP) is 3.57. The monoisotopic (exact) mass is 430 g/mol.